The van der Waals surface area contributed by atoms with Crippen molar-refractivity contribution >= 4 is 11.8 Å². The second-order valence-electron chi connectivity index (χ2n) is 6.51. The Morgan fingerprint density at radius 1 is 1.23 bits per heavy atom. The van der Waals surface area contributed by atoms with Gasteiger partial charge in [-0.25, -0.2) is 27.5 Å². The SMILES string of the molecule is COC(=O)Cc1nc(C)nc(N[C@H](CF)c2cccc(C(F)F)c2F)c1C1OC=CO1. The van der Waals surface area contributed by atoms with Gasteiger partial charge in [0, 0.05) is 5.56 Å². The van der Waals surface area contributed by atoms with E-state index in [9.17, 15) is 22.4 Å². The second-order valence-corrected chi connectivity index (χ2v) is 6.51. The van der Waals surface area contributed by atoms with Crippen LogP contribution in [0.25, 0.3) is 0 Å². The number of ether oxygens (including phenoxy) is 3. The normalized spacial score (nSPS) is 14.3. The molecule has 1 aliphatic rings. The third kappa shape index (κ3) is 4.86. The van der Waals surface area contributed by atoms with Gasteiger partial charge in [-0.2, -0.15) is 0 Å². The molecule has 0 amide bonds. The van der Waals surface area contributed by atoms with Crippen LogP contribution in [0.4, 0.5) is 23.4 Å². The monoisotopic (exact) mass is 441 g/mol. The summed E-state index contributed by atoms with van der Waals surface area (Å²) in [5.74, 6) is -1.60. The largest absolute Gasteiger partial charge is 0.469 e. The third-order valence-electron chi connectivity index (χ3n) is 4.51. The van der Waals surface area contributed by atoms with Gasteiger partial charge in [-0.15, -0.1) is 0 Å². The molecular formula is C20H19F4N3O4. The van der Waals surface area contributed by atoms with Crippen molar-refractivity contribution in [1.82, 2.24) is 9.97 Å². The molecule has 0 bridgehead atoms. The van der Waals surface area contributed by atoms with Gasteiger partial charge in [0.2, 0.25) is 0 Å². The zero-order valence-electron chi connectivity index (χ0n) is 16.6. The van der Waals surface area contributed by atoms with Gasteiger partial charge >= 0.3 is 5.97 Å². The minimum atomic E-state index is -3.06. The van der Waals surface area contributed by atoms with E-state index in [4.69, 9.17) is 9.47 Å². The van der Waals surface area contributed by atoms with Crippen LogP contribution in [0.2, 0.25) is 0 Å². The molecule has 3 rings (SSSR count). The Morgan fingerprint density at radius 2 is 1.90 bits per heavy atom. The van der Waals surface area contributed by atoms with E-state index in [-0.39, 0.29) is 34.9 Å². The van der Waals surface area contributed by atoms with Gasteiger partial charge < -0.3 is 19.5 Å². The number of aromatic nitrogens is 2. The molecule has 0 unspecified atom stereocenters. The fraction of sp³-hybridized carbons (Fsp3) is 0.350. The van der Waals surface area contributed by atoms with Crippen molar-refractivity contribution in [1.29, 1.82) is 0 Å². The van der Waals surface area contributed by atoms with Crippen molar-refractivity contribution in [2.24, 2.45) is 0 Å². The highest BCUT2D eigenvalue weighted by Gasteiger charge is 2.30. The van der Waals surface area contributed by atoms with Crippen molar-refractivity contribution in [3.8, 4) is 0 Å². The minimum Gasteiger partial charge on any atom is -0.469 e. The summed E-state index contributed by atoms with van der Waals surface area (Å²) in [4.78, 5) is 20.3. The number of esters is 1. The van der Waals surface area contributed by atoms with Crippen LogP contribution in [0.5, 0.6) is 0 Å². The van der Waals surface area contributed by atoms with E-state index in [1.165, 1.54) is 38.7 Å². The number of carbonyl (C=O) groups is 1. The highest BCUT2D eigenvalue weighted by atomic mass is 19.3. The highest BCUT2D eigenvalue weighted by Crippen LogP contribution is 2.35. The van der Waals surface area contributed by atoms with Crippen LogP contribution in [-0.2, 0) is 25.4 Å². The van der Waals surface area contributed by atoms with Gasteiger partial charge in [0.15, 0.2) is 0 Å². The summed E-state index contributed by atoms with van der Waals surface area (Å²) in [5, 5.41) is 2.72. The number of nitrogens with one attached hydrogen (secondary N) is 1. The molecule has 0 aliphatic carbocycles. The molecule has 1 aromatic heterocycles. The average molecular weight is 441 g/mol. The van der Waals surface area contributed by atoms with Gasteiger partial charge in [-0.1, -0.05) is 18.2 Å². The Labute approximate surface area is 175 Å². The third-order valence-corrected chi connectivity index (χ3v) is 4.51. The van der Waals surface area contributed by atoms with Crippen LogP contribution in [0.3, 0.4) is 0 Å². The lowest BCUT2D eigenvalue weighted by molar-refractivity contribution is -0.139. The molecule has 0 radical (unpaired) electrons. The van der Waals surface area contributed by atoms with E-state index in [0.29, 0.717) is 0 Å². The van der Waals surface area contributed by atoms with Crippen molar-refractivity contribution in [3.63, 3.8) is 0 Å². The maximum atomic E-state index is 14.6. The first-order valence-electron chi connectivity index (χ1n) is 9.14. The zero-order valence-corrected chi connectivity index (χ0v) is 16.6. The summed E-state index contributed by atoms with van der Waals surface area (Å²) < 4.78 is 70.0. The molecule has 7 nitrogen and oxygen atoms in total. The molecule has 2 aromatic rings. The van der Waals surface area contributed by atoms with Crippen LogP contribution in [0.1, 0.15) is 47.0 Å². The molecule has 1 N–H and O–H groups in total. The van der Waals surface area contributed by atoms with Gasteiger partial charge in [0.1, 0.15) is 36.7 Å². The van der Waals surface area contributed by atoms with Crippen molar-refractivity contribution in [2.45, 2.75) is 32.1 Å². The molecule has 166 valence electrons. The summed E-state index contributed by atoms with van der Waals surface area (Å²) in [6, 6.07) is 1.99. The Bertz CT molecular complexity index is 979. The van der Waals surface area contributed by atoms with Crippen LogP contribution in [0.15, 0.2) is 30.7 Å². The molecule has 0 spiro atoms. The van der Waals surface area contributed by atoms with Crippen LogP contribution >= 0.6 is 0 Å². The maximum Gasteiger partial charge on any atom is 0.311 e. The summed E-state index contributed by atoms with van der Waals surface area (Å²) in [7, 11) is 1.21. The number of anilines is 1. The van der Waals surface area contributed by atoms with E-state index in [1.54, 1.807) is 0 Å². The average Bonchev–Trinajstić information content (AvgIpc) is 3.26. The molecule has 11 heteroatoms. The van der Waals surface area contributed by atoms with E-state index in [1.807, 2.05) is 0 Å². The highest BCUT2D eigenvalue weighted by molar-refractivity contribution is 5.73. The van der Waals surface area contributed by atoms with Crippen LogP contribution < -0.4 is 5.32 Å². The molecule has 0 fully saturated rings. The number of methoxy groups -OCH3 is 1. The summed E-state index contributed by atoms with van der Waals surface area (Å²) in [6.45, 7) is 0.399. The summed E-state index contributed by atoms with van der Waals surface area (Å²) in [5.41, 5.74) is -0.780. The Morgan fingerprint density at radius 3 is 2.52 bits per heavy atom. The van der Waals surface area contributed by atoms with Gasteiger partial charge in [-0.05, 0) is 6.92 Å². The first-order valence-corrected chi connectivity index (χ1v) is 9.14. The number of hydrogen-bond donors (Lipinski definition) is 1. The molecule has 1 aromatic carbocycles. The van der Waals surface area contributed by atoms with Gasteiger partial charge in [-0.3, -0.25) is 4.79 Å². The number of carbonyl (C=O) groups excluding carboxylic acids is 1. The van der Waals surface area contributed by atoms with Crippen molar-refractivity contribution in [2.75, 3.05) is 19.1 Å². The van der Waals surface area contributed by atoms with Gasteiger partial charge in [0.25, 0.3) is 12.7 Å². The molecule has 1 atom stereocenters. The minimum absolute atomic E-state index is 0.00426. The van der Waals surface area contributed by atoms with E-state index in [2.05, 4.69) is 20.0 Å². The molecule has 2 heterocycles. The molecule has 31 heavy (non-hydrogen) atoms. The topological polar surface area (TPSA) is 82.6 Å². The smallest absolute Gasteiger partial charge is 0.311 e. The van der Waals surface area contributed by atoms with Crippen molar-refractivity contribution in [3.05, 3.63) is 64.7 Å². The summed E-state index contributed by atoms with van der Waals surface area (Å²) >= 11 is 0. The predicted molar refractivity (Wildman–Crippen MR) is 100 cm³/mol. The summed E-state index contributed by atoms with van der Waals surface area (Å²) in [6.07, 6.45) is -1.86. The molecule has 0 saturated heterocycles. The van der Waals surface area contributed by atoms with Crippen LogP contribution in [-0.4, -0.2) is 29.7 Å². The fourth-order valence-corrected chi connectivity index (χ4v) is 3.09. The van der Waals surface area contributed by atoms with Crippen LogP contribution in [0, 0.1) is 12.7 Å². The lowest BCUT2D eigenvalue weighted by Gasteiger charge is -2.23. The van der Waals surface area contributed by atoms with Crippen molar-refractivity contribution < 1.29 is 36.6 Å². The van der Waals surface area contributed by atoms with Gasteiger partial charge in [0.05, 0.1) is 36.4 Å². The Kier molecular flexibility index (Phi) is 6.93. The molecule has 1 aliphatic heterocycles. The number of benzene rings is 1. The Balaban J connectivity index is 2.05. The zero-order chi connectivity index (χ0) is 22.5. The number of hydrogen-bond acceptors (Lipinski definition) is 7. The number of nitrogens with zero attached hydrogens (tertiary/aromatic N) is 2. The standard InChI is InChI=1S/C20H19F4N3O4/c1-10-25-13(8-15(28)29-2)16(20-30-6-7-31-20)19(26-10)27-14(9-21)11-4-3-5-12(17(11)22)18(23)24/h3-7,14,18,20H,8-9H2,1-2H3,(H,25,26,27)/t14-/m1/s1. The lowest BCUT2D eigenvalue weighted by Crippen LogP contribution is -2.21. The van der Waals surface area contributed by atoms with E-state index in [0.717, 1.165) is 6.07 Å². The number of aryl methyl sites for hydroxylation is 1. The van der Waals surface area contributed by atoms with E-state index < -0.39 is 42.8 Å². The second kappa shape index (κ2) is 9.63. The first kappa shape index (κ1) is 22.3. The maximum absolute atomic E-state index is 14.6. The lowest BCUT2D eigenvalue weighted by atomic mass is 10.0. The number of alkyl halides is 3. The number of rotatable bonds is 8. The van der Waals surface area contributed by atoms with E-state index >= 15 is 0 Å². The predicted octanol–water partition coefficient (Wildman–Crippen LogP) is 4.22. The Hall–Kier alpha value is -3.37. The first-order chi connectivity index (χ1) is 14.8. The molecular weight excluding hydrogens is 422 g/mol. The number of halogens is 4. The molecule has 0 saturated carbocycles. The fourth-order valence-electron chi connectivity index (χ4n) is 3.09. The quantitative estimate of drug-likeness (QED) is 0.485.